The largest absolute Gasteiger partial charge is 0.497 e. The summed E-state index contributed by atoms with van der Waals surface area (Å²) in [6, 6.07) is 13.5. The Kier molecular flexibility index (Phi) is 7.77. The van der Waals surface area contributed by atoms with Gasteiger partial charge >= 0.3 is 0 Å². The van der Waals surface area contributed by atoms with E-state index in [4.69, 9.17) is 21.3 Å². The number of fused-ring (bicyclic) bond motifs is 1. The lowest BCUT2D eigenvalue weighted by molar-refractivity contribution is -0.118. The van der Waals surface area contributed by atoms with Crippen molar-refractivity contribution in [1.82, 2.24) is 9.88 Å². The maximum absolute atomic E-state index is 13.0. The van der Waals surface area contributed by atoms with Crippen molar-refractivity contribution in [2.24, 2.45) is 0 Å². The van der Waals surface area contributed by atoms with E-state index >= 15 is 0 Å². The van der Waals surface area contributed by atoms with Gasteiger partial charge in [0.25, 0.3) is 0 Å². The smallest absolute Gasteiger partial charge is 0.229 e. The van der Waals surface area contributed by atoms with Gasteiger partial charge in [0.1, 0.15) is 5.75 Å². The van der Waals surface area contributed by atoms with Crippen LogP contribution in [0.4, 0.5) is 5.13 Å². The highest BCUT2D eigenvalue weighted by Gasteiger charge is 2.20. The van der Waals surface area contributed by atoms with Gasteiger partial charge in [-0.3, -0.25) is 9.69 Å². The van der Waals surface area contributed by atoms with Crippen LogP contribution in [0.3, 0.4) is 0 Å². The fraction of sp³-hybridized carbons (Fsp3) is 0.333. The topological polar surface area (TPSA) is 45.7 Å². The molecule has 0 fully saturated rings. The van der Waals surface area contributed by atoms with Gasteiger partial charge in [0.2, 0.25) is 5.91 Å². The molecule has 0 radical (unpaired) electrons. The maximum atomic E-state index is 13.0. The van der Waals surface area contributed by atoms with E-state index in [0.717, 1.165) is 32.5 Å². The maximum Gasteiger partial charge on any atom is 0.229 e. The van der Waals surface area contributed by atoms with Crippen LogP contribution in [0.5, 0.6) is 5.75 Å². The highest BCUT2D eigenvalue weighted by molar-refractivity contribution is 7.99. The van der Waals surface area contributed by atoms with Crippen molar-refractivity contribution >= 4 is 56.0 Å². The van der Waals surface area contributed by atoms with E-state index < -0.39 is 0 Å². The third-order valence-corrected chi connectivity index (χ3v) is 6.59. The molecule has 154 valence electrons. The van der Waals surface area contributed by atoms with Gasteiger partial charge < -0.3 is 9.64 Å². The van der Waals surface area contributed by atoms with Crippen molar-refractivity contribution in [2.45, 2.75) is 11.3 Å². The molecule has 0 unspecified atom stereocenters. The average molecular weight is 450 g/mol. The Labute approximate surface area is 184 Å². The summed E-state index contributed by atoms with van der Waals surface area (Å²) in [5, 5.41) is 1.45. The number of amides is 1. The van der Waals surface area contributed by atoms with Crippen molar-refractivity contribution < 1.29 is 9.53 Å². The molecule has 3 rings (SSSR count). The summed E-state index contributed by atoms with van der Waals surface area (Å²) in [5.41, 5.74) is 0.879. The molecule has 0 bridgehead atoms. The minimum absolute atomic E-state index is 0.0827. The summed E-state index contributed by atoms with van der Waals surface area (Å²) in [6.07, 6.45) is 0.444. The van der Waals surface area contributed by atoms with Crippen LogP contribution >= 0.6 is 34.7 Å². The standard InChI is InChI=1S/C21H24ClN3O2S2/c1-24(2)11-12-25(20(26)10-13-28-17-7-4-15(22)5-8-17)21-23-18-9-6-16(27-3)14-19(18)29-21/h4-9,14H,10-13H2,1-3H3. The van der Waals surface area contributed by atoms with Crippen LogP contribution in [0.2, 0.25) is 5.02 Å². The van der Waals surface area contributed by atoms with Gasteiger partial charge in [0.05, 0.1) is 17.3 Å². The predicted molar refractivity (Wildman–Crippen MR) is 124 cm³/mol. The van der Waals surface area contributed by atoms with Gasteiger partial charge in [-0.05, 0) is 56.6 Å². The van der Waals surface area contributed by atoms with E-state index in [1.807, 2.05) is 56.6 Å². The van der Waals surface area contributed by atoms with Crippen molar-refractivity contribution in [3.05, 3.63) is 47.5 Å². The summed E-state index contributed by atoms with van der Waals surface area (Å²) in [5.74, 6) is 1.58. The van der Waals surface area contributed by atoms with Gasteiger partial charge in [0, 0.05) is 35.2 Å². The minimum Gasteiger partial charge on any atom is -0.497 e. The van der Waals surface area contributed by atoms with Gasteiger partial charge in [0.15, 0.2) is 5.13 Å². The second-order valence-corrected chi connectivity index (χ2v) is 9.34. The number of benzene rings is 2. The summed E-state index contributed by atoms with van der Waals surface area (Å²) in [4.78, 5) is 22.7. The number of carbonyl (C=O) groups is 1. The van der Waals surface area contributed by atoms with Crippen LogP contribution in [0, 0.1) is 0 Å². The molecule has 8 heteroatoms. The van der Waals surface area contributed by atoms with Crippen molar-refractivity contribution in [3.8, 4) is 5.75 Å². The molecule has 0 N–H and O–H groups in total. The minimum atomic E-state index is 0.0827. The molecule has 0 spiro atoms. The molecule has 0 aliphatic carbocycles. The van der Waals surface area contributed by atoms with Crippen molar-refractivity contribution in [3.63, 3.8) is 0 Å². The third-order valence-electron chi connectivity index (χ3n) is 4.29. The lowest BCUT2D eigenvalue weighted by Gasteiger charge is -2.22. The van der Waals surface area contributed by atoms with E-state index in [1.165, 1.54) is 11.3 Å². The number of thiazole rings is 1. The van der Waals surface area contributed by atoms with Crippen molar-refractivity contribution in [2.75, 3.05) is 44.9 Å². The molecule has 0 aliphatic rings. The molecule has 0 saturated heterocycles. The van der Waals surface area contributed by atoms with E-state index in [2.05, 4.69) is 4.90 Å². The number of rotatable bonds is 9. The zero-order valence-electron chi connectivity index (χ0n) is 16.7. The van der Waals surface area contributed by atoms with Gasteiger partial charge in [-0.2, -0.15) is 0 Å². The highest BCUT2D eigenvalue weighted by Crippen LogP contribution is 2.32. The number of methoxy groups -OCH3 is 1. The summed E-state index contributed by atoms with van der Waals surface area (Å²) in [6.45, 7) is 1.38. The highest BCUT2D eigenvalue weighted by atomic mass is 35.5. The Morgan fingerprint density at radius 2 is 1.93 bits per heavy atom. The summed E-state index contributed by atoms with van der Waals surface area (Å²) in [7, 11) is 5.65. The number of ether oxygens (including phenoxy) is 1. The third kappa shape index (κ3) is 6.09. The number of hydrogen-bond acceptors (Lipinski definition) is 6. The van der Waals surface area contributed by atoms with E-state index in [1.54, 1.807) is 23.8 Å². The molecular weight excluding hydrogens is 426 g/mol. The first-order valence-electron chi connectivity index (χ1n) is 9.24. The van der Waals surface area contributed by atoms with Crippen LogP contribution in [0.15, 0.2) is 47.4 Å². The van der Waals surface area contributed by atoms with Crippen LogP contribution < -0.4 is 9.64 Å². The molecule has 3 aromatic rings. The number of anilines is 1. The van der Waals surface area contributed by atoms with E-state index in [9.17, 15) is 4.79 Å². The van der Waals surface area contributed by atoms with Gasteiger partial charge in [-0.15, -0.1) is 11.8 Å². The Balaban J connectivity index is 1.71. The fourth-order valence-corrected chi connectivity index (χ4v) is 4.69. The number of aromatic nitrogens is 1. The van der Waals surface area contributed by atoms with E-state index in [-0.39, 0.29) is 5.91 Å². The summed E-state index contributed by atoms with van der Waals surface area (Å²) >= 11 is 9.11. The van der Waals surface area contributed by atoms with Crippen LogP contribution in [-0.2, 0) is 4.79 Å². The quantitative estimate of drug-likeness (QED) is 0.428. The average Bonchev–Trinajstić information content (AvgIpc) is 3.12. The second kappa shape index (κ2) is 10.3. The van der Waals surface area contributed by atoms with Crippen LogP contribution in [0.1, 0.15) is 6.42 Å². The number of carbonyl (C=O) groups excluding carboxylic acids is 1. The second-order valence-electron chi connectivity index (χ2n) is 6.73. The van der Waals surface area contributed by atoms with Crippen molar-refractivity contribution in [1.29, 1.82) is 0 Å². The Hall–Kier alpha value is -1.80. The fourth-order valence-electron chi connectivity index (χ4n) is 2.68. The number of nitrogens with zero attached hydrogens (tertiary/aromatic N) is 3. The molecule has 0 aliphatic heterocycles. The molecule has 0 atom stereocenters. The lowest BCUT2D eigenvalue weighted by atomic mass is 10.3. The number of halogens is 1. The first kappa shape index (κ1) is 21.9. The van der Waals surface area contributed by atoms with Gasteiger partial charge in [-0.25, -0.2) is 4.98 Å². The molecule has 29 heavy (non-hydrogen) atoms. The normalized spacial score (nSPS) is 11.2. The predicted octanol–water partition coefficient (Wildman–Crippen LogP) is 5.04. The Bertz CT molecular complexity index is 960. The molecule has 2 aromatic carbocycles. The molecule has 5 nitrogen and oxygen atoms in total. The molecular formula is C21H24ClN3O2S2. The molecule has 1 aromatic heterocycles. The van der Waals surface area contributed by atoms with Crippen LogP contribution in [0.25, 0.3) is 10.2 Å². The zero-order valence-corrected chi connectivity index (χ0v) is 19.1. The number of hydrogen-bond donors (Lipinski definition) is 0. The lowest BCUT2D eigenvalue weighted by Crippen LogP contribution is -2.36. The van der Waals surface area contributed by atoms with E-state index in [0.29, 0.717) is 23.7 Å². The number of likely N-dealkylation sites (N-methyl/N-ethyl adjacent to an activating group) is 1. The zero-order chi connectivity index (χ0) is 20.8. The first-order chi connectivity index (χ1) is 14.0. The van der Waals surface area contributed by atoms with Gasteiger partial charge in [-0.1, -0.05) is 22.9 Å². The summed E-state index contributed by atoms with van der Waals surface area (Å²) < 4.78 is 6.31. The molecule has 0 saturated carbocycles. The monoisotopic (exact) mass is 449 g/mol. The SMILES string of the molecule is COc1ccc2nc(N(CCN(C)C)C(=O)CCSc3ccc(Cl)cc3)sc2c1. The molecule has 1 heterocycles. The first-order valence-corrected chi connectivity index (χ1v) is 11.4. The number of thioether (sulfide) groups is 1. The Morgan fingerprint density at radius 1 is 1.17 bits per heavy atom. The Morgan fingerprint density at radius 3 is 2.62 bits per heavy atom. The van der Waals surface area contributed by atoms with Crippen LogP contribution in [-0.4, -0.2) is 55.8 Å². The molecule has 1 amide bonds.